The maximum absolute atomic E-state index is 15.0. The highest BCUT2D eigenvalue weighted by atomic mass is 19.2. The van der Waals surface area contributed by atoms with Gasteiger partial charge in [0.05, 0.1) is 6.42 Å². The second-order valence-electron chi connectivity index (χ2n) is 9.85. The van der Waals surface area contributed by atoms with E-state index in [2.05, 4.69) is 9.88 Å². The summed E-state index contributed by atoms with van der Waals surface area (Å²) >= 11 is 0. The molecule has 0 aliphatic carbocycles. The van der Waals surface area contributed by atoms with E-state index >= 15 is 0 Å². The van der Waals surface area contributed by atoms with Gasteiger partial charge in [0.25, 0.3) is 0 Å². The van der Waals surface area contributed by atoms with Crippen molar-refractivity contribution in [1.29, 1.82) is 0 Å². The Morgan fingerprint density at radius 1 is 1.00 bits per heavy atom. The molecule has 1 aliphatic heterocycles. The number of aromatic nitrogens is 1. The summed E-state index contributed by atoms with van der Waals surface area (Å²) in [5, 5.41) is 0. The van der Waals surface area contributed by atoms with E-state index in [1.54, 1.807) is 24.3 Å². The maximum atomic E-state index is 15.0. The lowest BCUT2D eigenvalue weighted by atomic mass is 10.0. The van der Waals surface area contributed by atoms with Gasteiger partial charge in [0.2, 0.25) is 0 Å². The molecule has 0 amide bonds. The van der Waals surface area contributed by atoms with Crippen molar-refractivity contribution in [2.75, 3.05) is 13.1 Å². The van der Waals surface area contributed by atoms with Gasteiger partial charge in [0.15, 0.2) is 11.6 Å². The molecule has 36 heavy (non-hydrogen) atoms. The van der Waals surface area contributed by atoms with Gasteiger partial charge in [0, 0.05) is 37.3 Å². The number of carbonyl (C=O) groups excluding carboxylic acids is 1. The van der Waals surface area contributed by atoms with Crippen LogP contribution in [0.5, 0.6) is 5.75 Å². The molecule has 4 rings (SSSR count). The molecule has 190 valence electrons. The molecule has 0 saturated carbocycles. The molecule has 0 bridgehead atoms. The fourth-order valence-corrected chi connectivity index (χ4v) is 4.04. The number of hydrogen-bond acceptors (Lipinski definition) is 5. The Morgan fingerprint density at radius 3 is 2.44 bits per heavy atom. The van der Waals surface area contributed by atoms with Crippen LogP contribution in [0, 0.1) is 17.5 Å². The molecule has 0 atom stereocenters. The molecule has 2 aromatic carbocycles. The topological polar surface area (TPSA) is 51.7 Å². The number of fused-ring (bicyclic) bond motifs is 1. The van der Waals surface area contributed by atoms with Crippen LogP contribution in [-0.2, 0) is 29.1 Å². The predicted octanol–water partition coefficient (Wildman–Crippen LogP) is 5.83. The van der Waals surface area contributed by atoms with E-state index in [-0.39, 0.29) is 24.7 Å². The van der Waals surface area contributed by atoms with Gasteiger partial charge in [-0.25, -0.2) is 18.2 Å². The van der Waals surface area contributed by atoms with Crippen molar-refractivity contribution >= 4 is 5.97 Å². The number of ether oxygens (including phenoxy) is 2. The van der Waals surface area contributed by atoms with Gasteiger partial charge in [-0.05, 0) is 74.4 Å². The van der Waals surface area contributed by atoms with Crippen molar-refractivity contribution in [3.8, 4) is 17.0 Å². The molecule has 0 saturated heterocycles. The number of pyridine rings is 1. The lowest BCUT2D eigenvalue weighted by Crippen LogP contribution is -2.34. The van der Waals surface area contributed by atoms with Gasteiger partial charge >= 0.3 is 5.97 Å². The number of benzene rings is 2. The maximum Gasteiger partial charge on any atom is 0.307 e. The molecular weight excluding hydrogens is 469 g/mol. The predicted molar refractivity (Wildman–Crippen MR) is 130 cm³/mol. The van der Waals surface area contributed by atoms with Crippen molar-refractivity contribution in [1.82, 2.24) is 9.88 Å². The van der Waals surface area contributed by atoms with Crippen LogP contribution in [0.1, 0.15) is 44.0 Å². The fourth-order valence-electron chi connectivity index (χ4n) is 4.04. The van der Waals surface area contributed by atoms with Gasteiger partial charge in [-0.1, -0.05) is 6.07 Å². The highest BCUT2D eigenvalue weighted by Gasteiger charge is 2.22. The van der Waals surface area contributed by atoms with Crippen LogP contribution < -0.4 is 4.74 Å². The first-order chi connectivity index (χ1) is 17.1. The molecule has 8 heteroatoms. The van der Waals surface area contributed by atoms with Gasteiger partial charge in [-0.15, -0.1) is 0 Å². The van der Waals surface area contributed by atoms with Gasteiger partial charge < -0.3 is 9.47 Å². The zero-order chi connectivity index (χ0) is 25.9. The van der Waals surface area contributed by atoms with Crippen molar-refractivity contribution < 1.29 is 27.4 Å². The summed E-state index contributed by atoms with van der Waals surface area (Å²) in [6.07, 6.45) is 0.942. The minimum Gasteiger partial charge on any atom is -0.489 e. The van der Waals surface area contributed by atoms with Crippen LogP contribution in [0.25, 0.3) is 11.3 Å². The number of hydrogen-bond donors (Lipinski definition) is 0. The molecule has 0 fully saturated rings. The van der Waals surface area contributed by atoms with Crippen LogP contribution in [0.15, 0.2) is 48.5 Å². The SMILES string of the molecule is CC(C)(C)OC(=O)CCN1CCc2nc(-c3ccc(OCc4ccc(F)c(F)c4)cc3)c(F)cc2C1. The normalized spacial score (nSPS) is 13.8. The number of esters is 1. The van der Waals surface area contributed by atoms with Crippen LogP contribution in [0.4, 0.5) is 13.2 Å². The molecule has 1 aromatic heterocycles. The second kappa shape index (κ2) is 10.7. The smallest absolute Gasteiger partial charge is 0.307 e. The molecule has 3 aromatic rings. The highest BCUT2D eigenvalue weighted by Crippen LogP contribution is 2.28. The minimum absolute atomic E-state index is 0.0758. The van der Waals surface area contributed by atoms with Crippen LogP contribution >= 0.6 is 0 Å². The third-order valence-corrected chi connectivity index (χ3v) is 5.77. The Morgan fingerprint density at radius 2 is 1.75 bits per heavy atom. The lowest BCUT2D eigenvalue weighted by Gasteiger charge is -2.28. The average molecular weight is 499 g/mol. The first kappa shape index (κ1) is 25.7. The van der Waals surface area contributed by atoms with E-state index in [1.165, 1.54) is 12.1 Å². The molecule has 0 spiro atoms. The first-order valence-corrected chi connectivity index (χ1v) is 11.9. The largest absolute Gasteiger partial charge is 0.489 e. The quantitative estimate of drug-likeness (QED) is 0.384. The van der Waals surface area contributed by atoms with Gasteiger partial charge in [-0.2, -0.15) is 0 Å². The molecule has 0 radical (unpaired) electrons. The zero-order valence-corrected chi connectivity index (χ0v) is 20.6. The minimum atomic E-state index is -0.924. The third-order valence-electron chi connectivity index (χ3n) is 5.77. The molecular formula is C28H29F3N2O3. The Labute approximate surface area is 208 Å². The van der Waals surface area contributed by atoms with Crippen molar-refractivity contribution in [2.24, 2.45) is 0 Å². The molecule has 0 unspecified atom stereocenters. The van der Waals surface area contributed by atoms with Crippen LogP contribution in [0.2, 0.25) is 0 Å². The summed E-state index contributed by atoms with van der Waals surface area (Å²) in [6.45, 7) is 7.39. The van der Waals surface area contributed by atoms with Crippen molar-refractivity contribution in [3.63, 3.8) is 0 Å². The third kappa shape index (κ3) is 6.63. The molecule has 0 N–H and O–H groups in total. The highest BCUT2D eigenvalue weighted by molar-refractivity contribution is 5.70. The summed E-state index contributed by atoms with van der Waals surface area (Å²) in [4.78, 5) is 18.7. The second-order valence-corrected chi connectivity index (χ2v) is 9.85. The van der Waals surface area contributed by atoms with E-state index < -0.39 is 23.1 Å². The van der Waals surface area contributed by atoms with Crippen LogP contribution in [0.3, 0.4) is 0 Å². The summed E-state index contributed by atoms with van der Waals surface area (Å²) in [7, 11) is 0. The Hall–Kier alpha value is -3.39. The average Bonchev–Trinajstić information content (AvgIpc) is 2.82. The monoisotopic (exact) mass is 498 g/mol. The standard InChI is InChI=1S/C28H29F3N2O3/c1-28(2,3)36-26(34)11-13-33-12-10-25-20(16-33)15-24(31)27(32-25)19-5-7-21(8-6-19)35-17-18-4-9-22(29)23(30)14-18/h4-9,14-15H,10-13,16-17H2,1-3H3. The summed E-state index contributed by atoms with van der Waals surface area (Å²) < 4.78 is 52.4. The van der Waals surface area contributed by atoms with Crippen molar-refractivity contribution in [2.45, 2.75) is 52.4 Å². The Balaban J connectivity index is 1.37. The fraction of sp³-hybridized carbons (Fsp3) is 0.357. The number of halogens is 3. The Kier molecular flexibility index (Phi) is 7.64. The summed E-state index contributed by atoms with van der Waals surface area (Å²) in [5.41, 5.74) is 2.53. The first-order valence-electron chi connectivity index (χ1n) is 11.9. The summed E-state index contributed by atoms with van der Waals surface area (Å²) in [5.74, 6) is -1.98. The lowest BCUT2D eigenvalue weighted by molar-refractivity contribution is -0.155. The Bertz CT molecular complexity index is 1240. The number of rotatable bonds is 7. The molecule has 2 heterocycles. The number of nitrogens with zero attached hydrogens (tertiary/aromatic N) is 2. The van der Waals surface area contributed by atoms with E-state index in [1.807, 2.05) is 20.8 Å². The van der Waals surface area contributed by atoms with E-state index in [0.717, 1.165) is 29.9 Å². The van der Waals surface area contributed by atoms with Crippen molar-refractivity contribution in [3.05, 3.63) is 82.8 Å². The molecule has 5 nitrogen and oxygen atoms in total. The van der Waals surface area contributed by atoms with E-state index in [9.17, 15) is 18.0 Å². The molecule has 1 aliphatic rings. The van der Waals surface area contributed by atoms with E-state index in [4.69, 9.17) is 9.47 Å². The van der Waals surface area contributed by atoms with E-state index in [0.29, 0.717) is 36.4 Å². The van der Waals surface area contributed by atoms with Crippen LogP contribution in [-0.4, -0.2) is 34.5 Å². The number of carbonyl (C=O) groups is 1. The summed E-state index contributed by atoms with van der Waals surface area (Å²) in [6, 6.07) is 11.9. The zero-order valence-electron chi connectivity index (χ0n) is 20.6. The van der Waals surface area contributed by atoms with Gasteiger partial charge in [-0.3, -0.25) is 9.69 Å². The van der Waals surface area contributed by atoms with Gasteiger partial charge in [0.1, 0.15) is 29.5 Å².